The Bertz CT molecular complexity index is 528. The van der Waals surface area contributed by atoms with Crippen molar-refractivity contribution in [3.63, 3.8) is 0 Å². The van der Waals surface area contributed by atoms with Gasteiger partial charge in [-0.2, -0.15) is 0 Å². The van der Waals surface area contributed by atoms with Gasteiger partial charge in [-0.15, -0.1) is 0 Å². The Morgan fingerprint density at radius 2 is 1.94 bits per heavy atom. The maximum atomic E-state index is 9.37. The first-order valence-corrected chi connectivity index (χ1v) is 5.55. The molecule has 0 saturated carbocycles. The third kappa shape index (κ3) is 1.94. The lowest BCUT2D eigenvalue weighted by Crippen LogP contribution is -2.31. The van der Waals surface area contributed by atoms with Crippen molar-refractivity contribution in [3.05, 3.63) is 34.8 Å². The maximum absolute atomic E-state index is 9.37. The molecular weight excluding hydrogens is 271 g/mol. The Morgan fingerprint density at radius 1 is 1.19 bits per heavy atom. The minimum Gasteiger partial charge on any atom is -0.497 e. The van der Waals surface area contributed by atoms with Crippen LogP contribution in [0.1, 0.15) is 0 Å². The van der Waals surface area contributed by atoms with E-state index in [0.29, 0.717) is 11.2 Å². The number of methoxy groups -OCH3 is 1. The zero-order chi connectivity index (χ0) is 11.7. The van der Waals surface area contributed by atoms with Crippen molar-refractivity contribution in [2.24, 2.45) is 0 Å². The predicted molar refractivity (Wildman–Crippen MR) is 68.0 cm³/mol. The van der Waals surface area contributed by atoms with E-state index < -0.39 is 7.12 Å². The molecule has 0 unspecified atom stereocenters. The van der Waals surface area contributed by atoms with Crippen molar-refractivity contribution in [3.8, 4) is 5.75 Å². The van der Waals surface area contributed by atoms with Crippen molar-refractivity contribution >= 4 is 39.3 Å². The lowest BCUT2D eigenvalue weighted by Gasteiger charge is -2.11. The number of benzene rings is 2. The molecule has 0 fully saturated rings. The molecule has 0 spiro atoms. The fraction of sp³-hybridized carbons (Fsp3) is 0.0909. The quantitative estimate of drug-likeness (QED) is 0.815. The Balaban J connectivity index is 2.79. The van der Waals surface area contributed by atoms with Gasteiger partial charge in [0.15, 0.2) is 0 Å². The topological polar surface area (TPSA) is 49.7 Å². The zero-order valence-corrected chi connectivity index (χ0v) is 10.2. The molecule has 16 heavy (non-hydrogen) atoms. The zero-order valence-electron chi connectivity index (χ0n) is 8.64. The van der Waals surface area contributed by atoms with Crippen LogP contribution >= 0.6 is 15.9 Å². The number of rotatable bonds is 2. The molecule has 0 aromatic heterocycles. The van der Waals surface area contributed by atoms with Gasteiger partial charge in [-0.1, -0.05) is 28.1 Å². The van der Waals surface area contributed by atoms with Crippen LogP contribution < -0.4 is 10.2 Å². The van der Waals surface area contributed by atoms with Crippen LogP contribution in [0.15, 0.2) is 34.8 Å². The molecule has 0 heterocycles. The Labute approximate surface area is 102 Å². The van der Waals surface area contributed by atoms with Gasteiger partial charge in [0.05, 0.1) is 7.11 Å². The van der Waals surface area contributed by atoms with Gasteiger partial charge in [0.2, 0.25) is 0 Å². The molecule has 0 atom stereocenters. The average molecular weight is 281 g/mol. The van der Waals surface area contributed by atoms with Crippen LogP contribution in [0.5, 0.6) is 5.75 Å². The lowest BCUT2D eigenvalue weighted by molar-refractivity contribution is 0.404. The Kier molecular flexibility index (Phi) is 3.19. The second-order valence-corrected chi connectivity index (χ2v) is 4.34. The SMILES string of the molecule is COc1ccc2cc(Br)ccc2c1B(O)O. The molecule has 82 valence electrons. The maximum Gasteiger partial charge on any atom is 0.492 e. The van der Waals surface area contributed by atoms with Crippen molar-refractivity contribution in [2.75, 3.05) is 7.11 Å². The van der Waals surface area contributed by atoms with Gasteiger partial charge < -0.3 is 14.8 Å². The summed E-state index contributed by atoms with van der Waals surface area (Å²) in [6.07, 6.45) is 0. The summed E-state index contributed by atoms with van der Waals surface area (Å²) in [5.74, 6) is 0.477. The van der Waals surface area contributed by atoms with Crippen LogP contribution in [0, 0.1) is 0 Å². The van der Waals surface area contributed by atoms with Crippen molar-refractivity contribution < 1.29 is 14.8 Å². The second-order valence-electron chi connectivity index (χ2n) is 3.42. The van der Waals surface area contributed by atoms with Gasteiger partial charge in [0, 0.05) is 9.94 Å². The largest absolute Gasteiger partial charge is 0.497 e. The lowest BCUT2D eigenvalue weighted by atomic mass is 9.76. The van der Waals surface area contributed by atoms with Gasteiger partial charge in [-0.25, -0.2) is 0 Å². The fourth-order valence-corrected chi connectivity index (χ4v) is 2.13. The van der Waals surface area contributed by atoms with Gasteiger partial charge >= 0.3 is 7.12 Å². The highest BCUT2D eigenvalue weighted by Crippen LogP contribution is 2.22. The van der Waals surface area contributed by atoms with E-state index >= 15 is 0 Å². The summed E-state index contributed by atoms with van der Waals surface area (Å²) < 4.78 is 6.06. The molecule has 0 bridgehead atoms. The van der Waals surface area contributed by atoms with Gasteiger partial charge in [-0.05, 0) is 29.0 Å². The van der Waals surface area contributed by atoms with Crippen molar-refractivity contribution in [1.29, 1.82) is 0 Å². The third-order valence-corrected chi connectivity index (χ3v) is 2.95. The molecule has 0 aliphatic heterocycles. The molecule has 2 N–H and O–H groups in total. The van der Waals surface area contributed by atoms with E-state index in [2.05, 4.69) is 15.9 Å². The molecule has 0 aliphatic rings. The number of halogens is 1. The normalized spacial score (nSPS) is 10.5. The van der Waals surface area contributed by atoms with Crippen LogP contribution in [-0.4, -0.2) is 24.3 Å². The van der Waals surface area contributed by atoms with E-state index in [1.807, 2.05) is 24.3 Å². The molecule has 0 amide bonds. The minimum absolute atomic E-state index is 0.396. The van der Waals surface area contributed by atoms with Crippen LogP contribution in [0.25, 0.3) is 10.8 Å². The summed E-state index contributed by atoms with van der Waals surface area (Å²) in [7, 11) is -0.0360. The van der Waals surface area contributed by atoms with Crippen LogP contribution in [-0.2, 0) is 0 Å². The standard InChI is InChI=1S/C11H10BBrO3/c1-16-10-5-2-7-6-8(13)3-4-9(7)11(10)12(14)15/h2-6,14-15H,1H3. The molecule has 0 saturated heterocycles. The van der Waals surface area contributed by atoms with E-state index in [1.165, 1.54) is 7.11 Å². The highest BCUT2D eigenvalue weighted by molar-refractivity contribution is 9.10. The fourth-order valence-electron chi connectivity index (χ4n) is 1.75. The Morgan fingerprint density at radius 3 is 2.56 bits per heavy atom. The summed E-state index contributed by atoms with van der Waals surface area (Å²) in [6, 6.07) is 9.21. The van der Waals surface area contributed by atoms with E-state index in [-0.39, 0.29) is 0 Å². The molecule has 2 aromatic rings. The van der Waals surface area contributed by atoms with Crippen molar-refractivity contribution in [2.45, 2.75) is 0 Å². The summed E-state index contributed by atoms with van der Waals surface area (Å²) >= 11 is 3.37. The number of hydrogen-bond acceptors (Lipinski definition) is 3. The van der Waals surface area contributed by atoms with Gasteiger partial charge in [0.1, 0.15) is 5.75 Å². The summed E-state index contributed by atoms with van der Waals surface area (Å²) in [6.45, 7) is 0. The molecule has 3 nitrogen and oxygen atoms in total. The van der Waals surface area contributed by atoms with Gasteiger partial charge in [-0.3, -0.25) is 0 Å². The second kappa shape index (κ2) is 4.45. The minimum atomic E-state index is -1.54. The van der Waals surface area contributed by atoms with E-state index in [1.54, 1.807) is 6.07 Å². The van der Waals surface area contributed by atoms with Crippen LogP contribution in [0.4, 0.5) is 0 Å². The van der Waals surface area contributed by atoms with E-state index in [9.17, 15) is 10.0 Å². The summed E-state index contributed by atoms with van der Waals surface area (Å²) in [4.78, 5) is 0. The summed E-state index contributed by atoms with van der Waals surface area (Å²) in [5, 5.41) is 20.4. The van der Waals surface area contributed by atoms with Crippen LogP contribution in [0.3, 0.4) is 0 Å². The first kappa shape index (κ1) is 11.5. The predicted octanol–water partition coefficient (Wildman–Crippen LogP) is 1.29. The molecule has 2 rings (SSSR count). The summed E-state index contributed by atoms with van der Waals surface area (Å²) in [5.41, 5.74) is 0.396. The molecule has 5 heteroatoms. The molecule has 0 aliphatic carbocycles. The first-order chi connectivity index (χ1) is 7.63. The highest BCUT2D eigenvalue weighted by Gasteiger charge is 2.20. The molecular formula is C11H10BBrO3. The van der Waals surface area contributed by atoms with E-state index in [4.69, 9.17) is 4.74 Å². The Hall–Kier alpha value is -1.04. The van der Waals surface area contributed by atoms with Crippen LogP contribution in [0.2, 0.25) is 0 Å². The van der Waals surface area contributed by atoms with Gasteiger partial charge in [0.25, 0.3) is 0 Å². The number of ether oxygens (including phenoxy) is 1. The average Bonchev–Trinajstić information content (AvgIpc) is 2.26. The molecule has 0 radical (unpaired) electrons. The third-order valence-electron chi connectivity index (χ3n) is 2.46. The smallest absolute Gasteiger partial charge is 0.492 e. The number of fused-ring (bicyclic) bond motifs is 1. The first-order valence-electron chi connectivity index (χ1n) is 4.76. The highest BCUT2D eigenvalue weighted by atomic mass is 79.9. The molecule has 2 aromatic carbocycles. The number of hydrogen-bond donors (Lipinski definition) is 2. The van der Waals surface area contributed by atoms with E-state index in [0.717, 1.165) is 15.2 Å². The van der Waals surface area contributed by atoms with Crippen molar-refractivity contribution in [1.82, 2.24) is 0 Å². The monoisotopic (exact) mass is 280 g/mol.